The molecule has 0 heterocycles. The predicted molar refractivity (Wildman–Crippen MR) is 95.7 cm³/mol. The van der Waals surface area contributed by atoms with Crippen LogP contribution in [0.3, 0.4) is 0 Å². The van der Waals surface area contributed by atoms with Gasteiger partial charge in [-0.25, -0.2) is 0 Å². The maximum atomic E-state index is 6.30. The third kappa shape index (κ3) is 4.37. The van der Waals surface area contributed by atoms with Crippen LogP contribution in [0.2, 0.25) is 15.1 Å². The van der Waals surface area contributed by atoms with E-state index in [1.54, 1.807) is 6.07 Å². The van der Waals surface area contributed by atoms with Crippen molar-refractivity contribution in [1.29, 1.82) is 0 Å². The topological polar surface area (TPSA) is 12.0 Å². The van der Waals surface area contributed by atoms with E-state index in [4.69, 9.17) is 34.8 Å². The first-order chi connectivity index (χ1) is 10.0. The maximum Gasteiger partial charge on any atom is 0.0624 e. The Labute approximate surface area is 148 Å². The molecular weight excluding hydrogens is 392 g/mol. The van der Waals surface area contributed by atoms with Crippen LogP contribution in [0.5, 0.6) is 0 Å². The Hall–Kier alpha value is -0.250. The van der Waals surface area contributed by atoms with Crippen molar-refractivity contribution in [3.8, 4) is 0 Å². The lowest BCUT2D eigenvalue weighted by molar-refractivity contribution is 0.548. The molecule has 1 nitrogen and oxygen atoms in total. The molecule has 0 radical (unpaired) electrons. The molecule has 0 saturated heterocycles. The summed E-state index contributed by atoms with van der Waals surface area (Å²) < 4.78 is 1.02. The largest absolute Gasteiger partial charge is 0.310 e. The standard InChI is InChI=1S/C16H15BrCl3N/c1-2-21-15(12-9-11(18)6-7-13(12)17)8-10-4-3-5-14(19)16(10)20/h3-7,9,15,21H,2,8H2,1H3. The minimum absolute atomic E-state index is 0.110. The van der Waals surface area contributed by atoms with Gasteiger partial charge in [0.1, 0.15) is 0 Å². The van der Waals surface area contributed by atoms with Crippen molar-refractivity contribution in [2.24, 2.45) is 0 Å². The minimum Gasteiger partial charge on any atom is -0.310 e. The number of nitrogens with one attached hydrogen (secondary N) is 1. The van der Waals surface area contributed by atoms with E-state index >= 15 is 0 Å². The second-order valence-electron chi connectivity index (χ2n) is 4.69. The van der Waals surface area contributed by atoms with E-state index in [0.717, 1.165) is 28.6 Å². The molecule has 0 aliphatic carbocycles. The summed E-state index contributed by atoms with van der Waals surface area (Å²) in [7, 11) is 0. The number of likely N-dealkylation sites (N-methyl/N-ethyl adjacent to an activating group) is 1. The first-order valence-corrected chi connectivity index (χ1v) is 8.56. The first kappa shape index (κ1) is 17.1. The average Bonchev–Trinajstić information content (AvgIpc) is 2.46. The lowest BCUT2D eigenvalue weighted by Gasteiger charge is -2.21. The van der Waals surface area contributed by atoms with Crippen LogP contribution in [-0.2, 0) is 6.42 Å². The molecule has 1 unspecified atom stereocenters. The summed E-state index contributed by atoms with van der Waals surface area (Å²) in [6.07, 6.45) is 0.742. The molecule has 0 aliphatic heterocycles. The highest BCUT2D eigenvalue weighted by atomic mass is 79.9. The van der Waals surface area contributed by atoms with Crippen molar-refractivity contribution >= 4 is 50.7 Å². The number of hydrogen-bond donors (Lipinski definition) is 1. The Morgan fingerprint density at radius 1 is 1.14 bits per heavy atom. The van der Waals surface area contributed by atoms with Gasteiger partial charge >= 0.3 is 0 Å². The summed E-state index contributed by atoms with van der Waals surface area (Å²) in [6.45, 7) is 2.92. The fraction of sp³-hybridized carbons (Fsp3) is 0.250. The van der Waals surface area contributed by atoms with Gasteiger partial charge in [0.05, 0.1) is 10.0 Å². The minimum atomic E-state index is 0.110. The number of rotatable bonds is 5. The Balaban J connectivity index is 2.35. The molecule has 0 aliphatic rings. The molecule has 0 aromatic heterocycles. The van der Waals surface area contributed by atoms with E-state index < -0.39 is 0 Å². The smallest absolute Gasteiger partial charge is 0.0624 e. The highest BCUT2D eigenvalue weighted by molar-refractivity contribution is 9.10. The highest BCUT2D eigenvalue weighted by Crippen LogP contribution is 2.32. The van der Waals surface area contributed by atoms with E-state index in [1.807, 2.05) is 30.3 Å². The Bertz CT molecular complexity index is 631. The molecule has 112 valence electrons. The quantitative estimate of drug-likeness (QED) is 0.613. The molecule has 0 saturated carbocycles. The molecule has 2 rings (SSSR count). The normalized spacial score (nSPS) is 12.4. The molecular formula is C16H15BrCl3N. The van der Waals surface area contributed by atoms with E-state index in [1.165, 1.54) is 0 Å². The van der Waals surface area contributed by atoms with Gasteiger partial charge < -0.3 is 5.32 Å². The van der Waals surface area contributed by atoms with Gasteiger partial charge in [-0.2, -0.15) is 0 Å². The van der Waals surface area contributed by atoms with Gasteiger partial charge in [0.25, 0.3) is 0 Å². The van der Waals surface area contributed by atoms with Crippen molar-refractivity contribution < 1.29 is 0 Å². The summed E-state index contributed by atoms with van der Waals surface area (Å²) in [5.74, 6) is 0. The number of hydrogen-bond acceptors (Lipinski definition) is 1. The van der Waals surface area contributed by atoms with Crippen molar-refractivity contribution in [3.05, 3.63) is 67.1 Å². The van der Waals surface area contributed by atoms with Crippen LogP contribution in [0, 0.1) is 0 Å². The molecule has 0 spiro atoms. The van der Waals surface area contributed by atoms with Crippen molar-refractivity contribution in [2.45, 2.75) is 19.4 Å². The van der Waals surface area contributed by atoms with Gasteiger partial charge in [-0.05, 0) is 48.4 Å². The monoisotopic (exact) mass is 405 g/mol. The lowest BCUT2D eigenvalue weighted by atomic mass is 9.98. The van der Waals surface area contributed by atoms with Crippen LogP contribution in [0.15, 0.2) is 40.9 Å². The fourth-order valence-corrected chi connectivity index (χ4v) is 3.35. The number of halogens is 4. The van der Waals surface area contributed by atoms with Crippen molar-refractivity contribution in [3.63, 3.8) is 0 Å². The zero-order valence-electron chi connectivity index (χ0n) is 11.5. The van der Waals surface area contributed by atoms with Gasteiger partial charge in [0.2, 0.25) is 0 Å². The third-order valence-corrected chi connectivity index (χ3v) is 5.05. The second kappa shape index (κ2) is 7.85. The summed E-state index contributed by atoms with van der Waals surface area (Å²) >= 11 is 22.1. The van der Waals surface area contributed by atoms with Gasteiger partial charge in [-0.3, -0.25) is 0 Å². The average molecular weight is 408 g/mol. The second-order valence-corrected chi connectivity index (χ2v) is 6.77. The SMILES string of the molecule is CCNC(Cc1cccc(Cl)c1Cl)c1cc(Cl)ccc1Br. The van der Waals surface area contributed by atoms with E-state index in [9.17, 15) is 0 Å². The van der Waals surface area contributed by atoms with Crippen LogP contribution in [-0.4, -0.2) is 6.54 Å². The zero-order valence-corrected chi connectivity index (χ0v) is 15.3. The fourth-order valence-electron chi connectivity index (χ4n) is 2.25. The van der Waals surface area contributed by atoms with Gasteiger partial charge in [0, 0.05) is 15.5 Å². The van der Waals surface area contributed by atoms with Crippen LogP contribution >= 0.6 is 50.7 Å². The molecule has 21 heavy (non-hydrogen) atoms. The van der Waals surface area contributed by atoms with E-state index in [-0.39, 0.29) is 6.04 Å². The lowest BCUT2D eigenvalue weighted by Crippen LogP contribution is -2.23. The van der Waals surface area contributed by atoms with Crippen LogP contribution in [0.25, 0.3) is 0 Å². The molecule has 1 N–H and O–H groups in total. The van der Waals surface area contributed by atoms with Crippen molar-refractivity contribution in [2.75, 3.05) is 6.54 Å². The Morgan fingerprint density at radius 2 is 1.90 bits per heavy atom. The molecule has 1 atom stereocenters. The summed E-state index contributed by atoms with van der Waals surface area (Å²) in [5.41, 5.74) is 2.13. The van der Waals surface area contributed by atoms with Crippen LogP contribution < -0.4 is 5.32 Å². The molecule has 2 aromatic rings. The third-order valence-electron chi connectivity index (χ3n) is 3.24. The van der Waals surface area contributed by atoms with Crippen LogP contribution in [0.1, 0.15) is 24.1 Å². The number of benzene rings is 2. The Morgan fingerprint density at radius 3 is 2.62 bits per heavy atom. The highest BCUT2D eigenvalue weighted by Gasteiger charge is 2.17. The predicted octanol–water partition coefficient (Wildman–Crippen LogP) is 6.30. The molecule has 2 aromatic carbocycles. The molecule has 0 bridgehead atoms. The molecule has 0 amide bonds. The van der Waals surface area contributed by atoms with E-state index in [2.05, 4.69) is 28.2 Å². The summed E-state index contributed by atoms with van der Waals surface area (Å²) in [4.78, 5) is 0. The maximum absolute atomic E-state index is 6.30. The van der Waals surface area contributed by atoms with Crippen molar-refractivity contribution in [1.82, 2.24) is 5.32 Å². The molecule has 0 fully saturated rings. The Kier molecular flexibility index (Phi) is 6.39. The van der Waals surface area contributed by atoms with Gasteiger partial charge in [-0.15, -0.1) is 0 Å². The first-order valence-electron chi connectivity index (χ1n) is 6.64. The van der Waals surface area contributed by atoms with Gasteiger partial charge in [-0.1, -0.05) is 69.8 Å². The zero-order chi connectivity index (χ0) is 15.4. The van der Waals surface area contributed by atoms with E-state index in [0.29, 0.717) is 15.1 Å². The van der Waals surface area contributed by atoms with Gasteiger partial charge in [0.15, 0.2) is 0 Å². The summed E-state index contributed by atoms with van der Waals surface area (Å²) in [6, 6.07) is 11.6. The van der Waals surface area contributed by atoms with Crippen LogP contribution in [0.4, 0.5) is 0 Å². The molecule has 5 heteroatoms. The summed E-state index contributed by atoms with van der Waals surface area (Å²) in [5, 5.41) is 5.38.